The number of aliphatic hydroxyl groups excluding tert-OH is 1. The number of rotatable bonds is 6. The molecule has 0 radical (unpaired) electrons. The molecule has 0 unspecified atom stereocenters. The van der Waals surface area contributed by atoms with Gasteiger partial charge in [-0.3, -0.25) is 0 Å². The van der Waals surface area contributed by atoms with Crippen LogP contribution in [0.4, 0.5) is 0 Å². The number of aliphatic hydroxyl groups is 1. The van der Waals surface area contributed by atoms with E-state index < -0.39 is 0 Å². The van der Waals surface area contributed by atoms with Crippen molar-refractivity contribution in [2.24, 2.45) is 5.92 Å². The standard InChI is InChI=1S/C16H24O/c1-13(2)16-10-6-9-15(11-16)8-5-4-7-14(3)12-17/h5-6,8-11,13-14,17H,4,7,12H2,1-3H3/b8-5+/t14-/m1/s1. The van der Waals surface area contributed by atoms with Crippen molar-refractivity contribution in [2.45, 2.75) is 39.5 Å². The smallest absolute Gasteiger partial charge is 0.0456 e. The molecule has 0 aromatic heterocycles. The molecule has 1 aromatic carbocycles. The van der Waals surface area contributed by atoms with E-state index in [9.17, 15) is 0 Å². The summed E-state index contributed by atoms with van der Waals surface area (Å²) in [4.78, 5) is 0. The summed E-state index contributed by atoms with van der Waals surface area (Å²) >= 11 is 0. The summed E-state index contributed by atoms with van der Waals surface area (Å²) in [5, 5.41) is 8.92. The summed E-state index contributed by atoms with van der Waals surface area (Å²) in [5.41, 5.74) is 2.66. The van der Waals surface area contributed by atoms with Gasteiger partial charge in [0.15, 0.2) is 0 Å². The molecule has 0 bridgehead atoms. The largest absolute Gasteiger partial charge is 0.396 e. The van der Waals surface area contributed by atoms with Gasteiger partial charge < -0.3 is 5.11 Å². The fourth-order valence-corrected chi connectivity index (χ4v) is 1.71. The molecule has 0 fully saturated rings. The molecule has 1 aromatic rings. The van der Waals surface area contributed by atoms with Crippen molar-refractivity contribution in [3.05, 3.63) is 41.5 Å². The molecule has 1 rings (SSSR count). The van der Waals surface area contributed by atoms with Crippen LogP contribution in [0.15, 0.2) is 30.3 Å². The van der Waals surface area contributed by atoms with Gasteiger partial charge in [-0.05, 0) is 35.8 Å². The van der Waals surface area contributed by atoms with Crippen LogP contribution in [0.2, 0.25) is 0 Å². The van der Waals surface area contributed by atoms with Crippen molar-refractivity contribution in [2.75, 3.05) is 6.61 Å². The van der Waals surface area contributed by atoms with E-state index in [1.807, 2.05) is 0 Å². The van der Waals surface area contributed by atoms with Gasteiger partial charge in [0.2, 0.25) is 0 Å². The fourth-order valence-electron chi connectivity index (χ4n) is 1.71. The molecule has 1 N–H and O–H groups in total. The van der Waals surface area contributed by atoms with Crippen LogP contribution < -0.4 is 0 Å². The molecule has 0 aliphatic rings. The van der Waals surface area contributed by atoms with Crippen molar-refractivity contribution in [1.29, 1.82) is 0 Å². The summed E-state index contributed by atoms with van der Waals surface area (Å²) in [6.45, 7) is 6.79. The minimum atomic E-state index is 0.288. The Kier molecular flexibility index (Phi) is 5.99. The highest BCUT2D eigenvalue weighted by molar-refractivity contribution is 5.50. The molecule has 1 heteroatoms. The quantitative estimate of drug-likeness (QED) is 0.778. The minimum absolute atomic E-state index is 0.288. The molecule has 94 valence electrons. The Balaban J connectivity index is 2.50. The first-order valence-corrected chi connectivity index (χ1v) is 6.51. The second-order valence-electron chi connectivity index (χ2n) is 5.09. The zero-order valence-corrected chi connectivity index (χ0v) is 11.2. The van der Waals surface area contributed by atoms with Gasteiger partial charge in [-0.25, -0.2) is 0 Å². The zero-order chi connectivity index (χ0) is 12.7. The highest BCUT2D eigenvalue weighted by atomic mass is 16.3. The molecule has 0 spiro atoms. The summed E-state index contributed by atoms with van der Waals surface area (Å²) in [6.07, 6.45) is 6.46. The van der Waals surface area contributed by atoms with Crippen LogP contribution in [-0.4, -0.2) is 11.7 Å². The maximum Gasteiger partial charge on any atom is 0.0456 e. The maximum absolute atomic E-state index is 8.92. The maximum atomic E-state index is 8.92. The van der Waals surface area contributed by atoms with E-state index >= 15 is 0 Å². The number of allylic oxidation sites excluding steroid dienone is 1. The molecule has 0 amide bonds. The van der Waals surface area contributed by atoms with Gasteiger partial charge in [-0.15, -0.1) is 0 Å². The van der Waals surface area contributed by atoms with Gasteiger partial charge in [0.25, 0.3) is 0 Å². The Morgan fingerprint density at radius 3 is 2.65 bits per heavy atom. The second-order valence-corrected chi connectivity index (χ2v) is 5.09. The number of hydrogen-bond acceptors (Lipinski definition) is 1. The SMILES string of the molecule is CC(C)c1cccc(/C=C/CC[C@@H](C)CO)c1. The van der Waals surface area contributed by atoms with Crippen molar-refractivity contribution in [3.8, 4) is 0 Å². The summed E-state index contributed by atoms with van der Waals surface area (Å²) in [5.74, 6) is 0.986. The van der Waals surface area contributed by atoms with Crippen molar-refractivity contribution in [1.82, 2.24) is 0 Å². The predicted molar refractivity (Wildman–Crippen MR) is 75.0 cm³/mol. The molecule has 0 saturated carbocycles. The van der Waals surface area contributed by atoms with E-state index in [1.165, 1.54) is 11.1 Å². The monoisotopic (exact) mass is 232 g/mol. The summed E-state index contributed by atoms with van der Waals surface area (Å²) in [7, 11) is 0. The van der Waals surface area contributed by atoms with Gasteiger partial charge in [0.05, 0.1) is 0 Å². The highest BCUT2D eigenvalue weighted by Crippen LogP contribution is 2.16. The predicted octanol–water partition coefficient (Wildman–Crippen LogP) is 4.23. The van der Waals surface area contributed by atoms with Crippen LogP contribution >= 0.6 is 0 Å². The molecule has 0 saturated heterocycles. The minimum Gasteiger partial charge on any atom is -0.396 e. The van der Waals surface area contributed by atoms with Crippen molar-refractivity contribution < 1.29 is 5.11 Å². The first-order chi connectivity index (χ1) is 8.13. The van der Waals surface area contributed by atoms with Gasteiger partial charge in [-0.2, -0.15) is 0 Å². The lowest BCUT2D eigenvalue weighted by Crippen LogP contribution is -1.98. The molecule has 0 aliphatic carbocycles. The fraction of sp³-hybridized carbons (Fsp3) is 0.500. The molecule has 1 atom stereocenters. The average molecular weight is 232 g/mol. The van der Waals surface area contributed by atoms with Crippen LogP contribution in [-0.2, 0) is 0 Å². The summed E-state index contributed by atoms with van der Waals surface area (Å²) in [6, 6.07) is 8.68. The molecule has 0 aliphatic heterocycles. The normalized spacial score (nSPS) is 13.5. The average Bonchev–Trinajstić information content (AvgIpc) is 2.34. The first-order valence-electron chi connectivity index (χ1n) is 6.51. The number of benzene rings is 1. The first kappa shape index (κ1) is 14.0. The zero-order valence-electron chi connectivity index (χ0n) is 11.2. The molecular weight excluding hydrogens is 208 g/mol. The van der Waals surface area contributed by atoms with Crippen LogP contribution in [0.1, 0.15) is 50.7 Å². The molecule has 0 heterocycles. The third-order valence-corrected chi connectivity index (χ3v) is 3.03. The Morgan fingerprint density at radius 1 is 1.24 bits per heavy atom. The van der Waals surface area contributed by atoms with Crippen LogP contribution in [0.3, 0.4) is 0 Å². The van der Waals surface area contributed by atoms with Crippen LogP contribution in [0.5, 0.6) is 0 Å². The van der Waals surface area contributed by atoms with Crippen molar-refractivity contribution >= 4 is 6.08 Å². The van der Waals surface area contributed by atoms with E-state index in [0.717, 1.165) is 12.8 Å². The number of hydrogen-bond donors (Lipinski definition) is 1. The van der Waals surface area contributed by atoms with E-state index in [4.69, 9.17) is 5.11 Å². The van der Waals surface area contributed by atoms with E-state index in [-0.39, 0.29) is 6.61 Å². The Hall–Kier alpha value is -1.08. The van der Waals surface area contributed by atoms with Gasteiger partial charge >= 0.3 is 0 Å². The summed E-state index contributed by atoms with van der Waals surface area (Å²) < 4.78 is 0. The Labute approximate surface area is 105 Å². The van der Waals surface area contributed by atoms with Gasteiger partial charge in [0.1, 0.15) is 0 Å². The van der Waals surface area contributed by atoms with Crippen LogP contribution in [0, 0.1) is 5.92 Å². The third-order valence-electron chi connectivity index (χ3n) is 3.03. The van der Waals surface area contributed by atoms with Crippen LogP contribution in [0.25, 0.3) is 6.08 Å². The Morgan fingerprint density at radius 2 is 2.00 bits per heavy atom. The molecular formula is C16H24O. The lowest BCUT2D eigenvalue weighted by molar-refractivity contribution is 0.231. The lowest BCUT2D eigenvalue weighted by atomic mass is 10.0. The third kappa shape index (κ3) is 5.18. The molecule has 17 heavy (non-hydrogen) atoms. The van der Waals surface area contributed by atoms with Gasteiger partial charge in [0, 0.05) is 6.61 Å². The molecule has 1 nitrogen and oxygen atoms in total. The van der Waals surface area contributed by atoms with E-state index in [1.54, 1.807) is 0 Å². The van der Waals surface area contributed by atoms with E-state index in [0.29, 0.717) is 11.8 Å². The second kappa shape index (κ2) is 7.29. The lowest BCUT2D eigenvalue weighted by Gasteiger charge is -2.06. The van der Waals surface area contributed by atoms with E-state index in [2.05, 4.69) is 57.2 Å². The Bertz CT molecular complexity index is 352. The highest BCUT2D eigenvalue weighted by Gasteiger charge is 1.99. The van der Waals surface area contributed by atoms with Gasteiger partial charge in [-0.1, -0.05) is 57.2 Å². The van der Waals surface area contributed by atoms with Crippen molar-refractivity contribution in [3.63, 3.8) is 0 Å². The topological polar surface area (TPSA) is 20.2 Å².